The van der Waals surface area contributed by atoms with Crippen molar-refractivity contribution in [3.05, 3.63) is 11.8 Å². The Bertz CT molecular complexity index is 315. The lowest BCUT2D eigenvalue weighted by Crippen LogP contribution is -2.33. The number of fused-ring (bicyclic) bond motifs is 2. The molecule has 1 saturated carbocycles. The van der Waals surface area contributed by atoms with Crippen LogP contribution in [0.3, 0.4) is 0 Å². The van der Waals surface area contributed by atoms with Crippen molar-refractivity contribution in [1.29, 1.82) is 0 Å². The van der Waals surface area contributed by atoms with E-state index in [0.717, 1.165) is 5.92 Å². The number of hydrogen-bond donors (Lipinski definition) is 0. The molecule has 2 radical (unpaired) electrons. The zero-order valence-electron chi connectivity index (χ0n) is 11.4. The maximum Gasteiger partial charge on any atom is 0.655 e. The first kappa shape index (κ1) is 13.3. The topological polar surface area (TPSA) is 27.7 Å². The van der Waals surface area contributed by atoms with Gasteiger partial charge in [-0.05, 0) is 30.8 Å². The molecule has 0 amide bonds. The Balaban J connectivity index is 2.17. The molecule has 0 saturated heterocycles. The number of hydrogen-bond acceptors (Lipinski definition) is 3. The largest absolute Gasteiger partial charge is 0.655 e. The molecule has 0 heterocycles. The van der Waals surface area contributed by atoms with Crippen molar-refractivity contribution < 1.29 is 13.3 Å². The smallest absolute Gasteiger partial charge is 0.502 e. The predicted molar refractivity (Wildman–Crippen MR) is 71.0 cm³/mol. The number of rotatable bonds is 5. The monoisotopic (exact) mass is 270 g/mol. The first-order valence-corrected chi connectivity index (χ1v) is 9.91. The van der Waals surface area contributed by atoms with Gasteiger partial charge in [-0.2, -0.15) is 0 Å². The summed E-state index contributed by atoms with van der Waals surface area (Å²) in [6.07, 6.45) is 4.91. The summed E-state index contributed by atoms with van der Waals surface area (Å²) in [6.45, 7) is 7.16. The second-order valence-electron chi connectivity index (χ2n) is 5.42. The van der Waals surface area contributed by atoms with Gasteiger partial charge in [-0.25, -0.2) is 0 Å². The molecule has 2 aliphatic rings. The Hall–Kier alpha value is -0.106. The Kier molecular flexibility index (Phi) is 3.82. The molecule has 2 rings (SSSR count). The molecule has 0 aromatic rings. The van der Waals surface area contributed by atoms with Crippen molar-refractivity contribution in [2.45, 2.75) is 37.9 Å². The Labute approximate surface area is 108 Å². The first-order valence-electron chi connectivity index (χ1n) is 6.19. The lowest BCUT2D eigenvalue weighted by atomic mass is 9.95. The summed E-state index contributed by atoms with van der Waals surface area (Å²) in [5.74, 6) is 2.70. The second-order valence-corrected chi connectivity index (χ2v) is 9.90. The maximum atomic E-state index is 6.00. The van der Waals surface area contributed by atoms with Gasteiger partial charge < -0.3 is 13.3 Å². The molecule has 2 bridgehead atoms. The molecule has 2 aliphatic carbocycles. The predicted octanol–water partition coefficient (Wildman–Crippen LogP) is 2.72. The van der Waals surface area contributed by atoms with Gasteiger partial charge in [-0.3, -0.25) is 0 Å². The molecule has 0 spiro atoms. The van der Waals surface area contributed by atoms with E-state index in [0.29, 0.717) is 11.0 Å². The van der Waals surface area contributed by atoms with Gasteiger partial charge in [0.05, 0.1) is 14.6 Å². The van der Waals surface area contributed by atoms with E-state index in [-0.39, 0.29) is 0 Å². The lowest BCUT2D eigenvalue weighted by Gasteiger charge is -2.35. The van der Waals surface area contributed by atoms with E-state index >= 15 is 0 Å². The van der Waals surface area contributed by atoms with E-state index < -0.39 is 18.3 Å². The molecule has 0 aliphatic heterocycles. The Morgan fingerprint density at radius 2 is 1.88 bits per heavy atom. The zero-order valence-corrected chi connectivity index (χ0v) is 13.4. The summed E-state index contributed by atoms with van der Waals surface area (Å²) < 4.78 is 16.5. The van der Waals surface area contributed by atoms with Crippen LogP contribution in [0, 0.1) is 11.8 Å². The second kappa shape index (κ2) is 4.87. The van der Waals surface area contributed by atoms with Gasteiger partial charge in [-0.1, -0.05) is 20.0 Å². The van der Waals surface area contributed by atoms with Crippen LogP contribution >= 0.6 is 0 Å². The van der Waals surface area contributed by atoms with Crippen LogP contribution in [0.2, 0.25) is 18.1 Å². The summed E-state index contributed by atoms with van der Waals surface area (Å²) in [6, 6.07) is 0. The van der Waals surface area contributed by atoms with Gasteiger partial charge in [0.25, 0.3) is 0 Å². The van der Waals surface area contributed by atoms with Crippen molar-refractivity contribution in [2.24, 2.45) is 11.8 Å². The SMILES string of the molecule is CO[Si](OC)OC1=CC2CC1([Si](C)C)CC2C. The van der Waals surface area contributed by atoms with Gasteiger partial charge in [0.2, 0.25) is 0 Å². The molecule has 0 aromatic heterocycles. The molecule has 96 valence electrons. The van der Waals surface area contributed by atoms with Crippen LogP contribution in [-0.4, -0.2) is 32.5 Å². The fourth-order valence-corrected chi connectivity index (χ4v) is 6.09. The van der Waals surface area contributed by atoms with E-state index in [1.807, 2.05) is 0 Å². The highest BCUT2D eigenvalue weighted by atomic mass is 28.3. The molecule has 3 nitrogen and oxygen atoms in total. The van der Waals surface area contributed by atoms with Crippen LogP contribution in [-0.2, 0) is 13.3 Å². The highest BCUT2D eigenvalue weighted by Crippen LogP contribution is 2.63. The number of allylic oxidation sites excluding steroid dienone is 2. The minimum atomic E-state index is -1.57. The van der Waals surface area contributed by atoms with Gasteiger partial charge in [0.15, 0.2) is 0 Å². The normalized spacial score (nSPS) is 35.8. The van der Waals surface area contributed by atoms with E-state index in [4.69, 9.17) is 13.3 Å². The Morgan fingerprint density at radius 1 is 1.24 bits per heavy atom. The summed E-state index contributed by atoms with van der Waals surface area (Å²) in [5, 5.41) is 0.335. The fourth-order valence-electron chi connectivity index (χ4n) is 3.21. The average Bonchev–Trinajstić information content (AvgIpc) is 2.81. The van der Waals surface area contributed by atoms with Crippen LogP contribution in [0.4, 0.5) is 0 Å². The van der Waals surface area contributed by atoms with E-state index in [1.165, 1.54) is 18.6 Å². The molecule has 3 unspecified atom stereocenters. The van der Waals surface area contributed by atoms with Crippen molar-refractivity contribution in [2.75, 3.05) is 14.2 Å². The molecule has 5 heteroatoms. The molecule has 0 aromatic carbocycles. The molecular formula is C12H22O3Si2. The summed E-state index contributed by atoms with van der Waals surface area (Å²) in [4.78, 5) is 0. The third-order valence-corrected chi connectivity index (χ3v) is 7.93. The minimum Gasteiger partial charge on any atom is -0.502 e. The molecular weight excluding hydrogens is 248 g/mol. The summed E-state index contributed by atoms with van der Waals surface area (Å²) >= 11 is 0. The van der Waals surface area contributed by atoms with Crippen LogP contribution < -0.4 is 0 Å². The van der Waals surface area contributed by atoms with E-state index in [1.54, 1.807) is 14.2 Å². The quantitative estimate of drug-likeness (QED) is 0.719. The van der Waals surface area contributed by atoms with Crippen molar-refractivity contribution in [3.63, 3.8) is 0 Å². The molecule has 1 fully saturated rings. The van der Waals surface area contributed by atoms with E-state index in [9.17, 15) is 0 Å². The van der Waals surface area contributed by atoms with Crippen molar-refractivity contribution >= 4 is 18.3 Å². The zero-order chi connectivity index (χ0) is 12.6. The fraction of sp³-hybridized carbons (Fsp3) is 0.833. The maximum absolute atomic E-state index is 6.00. The van der Waals surface area contributed by atoms with Crippen molar-refractivity contribution in [1.82, 2.24) is 0 Å². The third kappa shape index (κ3) is 2.14. The standard InChI is InChI=1S/C12H22O3Si2/c1-9-7-12(16(4)5)8-10(9)6-11(12)15-17(13-2)14-3/h6,9-10H,7-8H2,1-5H3. The Morgan fingerprint density at radius 3 is 2.35 bits per heavy atom. The van der Waals surface area contributed by atoms with Crippen molar-refractivity contribution in [3.8, 4) is 0 Å². The highest BCUT2D eigenvalue weighted by Gasteiger charge is 2.54. The van der Waals surface area contributed by atoms with Crippen LogP contribution in [0.15, 0.2) is 11.8 Å². The highest BCUT2D eigenvalue weighted by molar-refractivity contribution is 6.60. The first-order chi connectivity index (χ1) is 8.03. The van der Waals surface area contributed by atoms with Gasteiger partial charge in [0, 0.05) is 19.3 Å². The summed E-state index contributed by atoms with van der Waals surface area (Å²) in [7, 11) is 1.34. The van der Waals surface area contributed by atoms with Gasteiger partial charge in [0.1, 0.15) is 0 Å². The summed E-state index contributed by atoms with van der Waals surface area (Å²) in [5.41, 5.74) is 0. The van der Waals surface area contributed by atoms with Gasteiger partial charge in [-0.15, -0.1) is 0 Å². The average molecular weight is 270 g/mol. The van der Waals surface area contributed by atoms with Gasteiger partial charge >= 0.3 is 9.53 Å². The van der Waals surface area contributed by atoms with E-state index in [2.05, 4.69) is 26.1 Å². The lowest BCUT2D eigenvalue weighted by molar-refractivity contribution is 0.157. The van der Waals surface area contributed by atoms with Crippen LogP contribution in [0.5, 0.6) is 0 Å². The molecule has 0 N–H and O–H groups in total. The third-order valence-electron chi connectivity index (χ3n) is 4.31. The minimum absolute atomic E-state index is 0.335. The van der Waals surface area contributed by atoms with Crippen LogP contribution in [0.1, 0.15) is 19.8 Å². The van der Waals surface area contributed by atoms with Crippen LogP contribution in [0.25, 0.3) is 0 Å². The molecule has 17 heavy (non-hydrogen) atoms. The molecule has 3 atom stereocenters.